The second kappa shape index (κ2) is 9.36. The Hall–Kier alpha value is -3.11. The number of anilines is 1. The van der Waals surface area contributed by atoms with E-state index in [0.717, 1.165) is 5.56 Å². The number of rotatable bonds is 6. The Morgan fingerprint density at radius 2 is 1.58 bits per heavy atom. The van der Waals surface area contributed by atoms with Crippen molar-refractivity contribution in [3.63, 3.8) is 0 Å². The molecule has 5 heteroatoms. The van der Waals surface area contributed by atoms with E-state index < -0.39 is 6.10 Å². The summed E-state index contributed by atoms with van der Waals surface area (Å²) < 4.78 is 5.65. The van der Waals surface area contributed by atoms with E-state index >= 15 is 0 Å². The smallest absolute Gasteiger partial charge is 0.265 e. The monoisotopic (exact) mass is 435 g/mol. The number of amides is 1. The van der Waals surface area contributed by atoms with Crippen molar-refractivity contribution in [1.82, 2.24) is 0 Å². The molecule has 160 valence electrons. The molecular weight excluding hydrogens is 410 g/mol. The summed E-state index contributed by atoms with van der Waals surface area (Å²) in [7, 11) is 0. The SMILES string of the molecule is CC(Oc1ccccc1Cl)C(=O)Nc1cccc(C(=O)c2ccc(C(C)(C)C)cc2)c1. The van der Waals surface area contributed by atoms with E-state index in [1.807, 2.05) is 24.3 Å². The number of carbonyl (C=O) groups is 2. The lowest BCUT2D eigenvalue weighted by Gasteiger charge is -2.19. The molecule has 0 heterocycles. The second-order valence-corrected chi connectivity index (χ2v) is 8.82. The summed E-state index contributed by atoms with van der Waals surface area (Å²) in [5.41, 5.74) is 2.82. The third kappa shape index (κ3) is 5.74. The van der Waals surface area contributed by atoms with Gasteiger partial charge in [-0.1, -0.05) is 80.9 Å². The van der Waals surface area contributed by atoms with Gasteiger partial charge in [0.25, 0.3) is 5.91 Å². The van der Waals surface area contributed by atoms with Crippen molar-refractivity contribution in [2.45, 2.75) is 39.2 Å². The van der Waals surface area contributed by atoms with Gasteiger partial charge in [-0.05, 0) is 42.2 Å². The highest BCUT2D eigenvalue weighted by Gasteiger charge is 2.18. The first-order chi connectivity index (χ1) is 14.6. The number of halogens is 1. The van der Waals surface area contributed by atoms with Gasteiger partial charge in [-0.25, -0.2) is 0 Å². The largest absolute Gasteiger partial charge is 0.479 e. The fourth-order valence-electron chi connectivity index (χ4n) is 3.05. The van der Waals surface area contributed by atoms with E-state index in [9.17, 15) is 9.59 Å². The van der Waals surface area contributed by atoms with Crippen LogP contribution in [0.15, 0.2) is 72.8 Å². The summed E-state index contributed by atoms with van der Waals surface area (Å²) in [4.78, 5) is 25.5. The van der Waals surface area contributed by atoms with Crippen LogP contribution >= 0.6 is 11.6 Å². The predicted octanol–water partition coefficient (Wildman–Crippen LogP) is 6.27. The Morgan fingerprint density at radius 1 is 0.903 bits per heavy atom. The molecule has 0 saturated heterocycles. The third-order valence-corrected chi connectivity index (χ3v) is 5.23. The van der Waals surface area contributed by atoms with Gasteiger partial charge in [0.05, 0.1) is 5.02 Å². The topological polar surface area (TPSA) is 55.4 Å². The summed E-state index contributed by atoms with van der Waals surface area (Å²) in [6, 6.07) is 21.5. The number of carbonyl (C=O) groups excluding carboxylic acids is 2. The summed E-state index contributed by atoms with van der Waals surface area (Å²) >= 11 is 6.09. The molecule has 0 aliphatic rings. The first-order valence-electron chi connectivity index (χ1n) is 10.1. The molecule has 1 N–H and O–H groups in total. The quantitative estimate of drug-likeness (QED) is 0.464. The molecule has 0 radical (unpaired) electrons. The van der Waals surface area contributed by atoms with Crippen LogP contribution in [0.25, 0.3) is 0 Å². The number of hydrogen-bond acceptors (Lipinski definition) is 3. The number of ketones is 1. The summed E-state index contributed by atoms with van der Waals surface area (Å²) in [5, 5.41) is 3.24. The highest BCUT2D eigenvalue weighted by atomic mass is 35.5. The number of ether oxygens (including phenoxy) is 1. The lowest BCUT2D eigenvalue weighted by molar-refractivity contribution is -0.122. The molecule has 31 heavy (non-hydrogen) atoms. The molecule has 3 aromatic carbocycles. The molecule has 0 aromatic heterocycles. The van der Waals surface area contributed by atoms with Crippen LogP contribution in [-0.2, 0) is 10.2 Å². The average Bonchev–Trinajstić information content (AvgIpc) is 2.74. The van der Waals surface area contributed by atoms with Gasteiger partial charge < -0.3 is 10.1 Å². The zero-order valence-corrected chi connectivity index (χ0v) is 18.9. The number of hydrogen-bond donors (Lipinski definition) is 1. The van der Waals surface area contributed by atoms with Crippen molar-refractivity contribution < 1.29 is 14.3 Å². The summed E-state index contributed by atoms with van der Waals surface area (Å²) in [6.07, 6.45) is -0.760. The van der Waals surface area contributed by atoms with E-state index in [1.54, 1.807) is 55.5 Å². The van der Waals surface area contributed by atoms with Gasteiger partial charge >= 0.3 is 0 Å². The Bertz CT molecular complexity index is 1080. The maximum Gasteiger partial charge on any atom is 0.265 e. The number of para-hydroxylation sites is 1. The first kappa shape index (κ1) is 22.6. The standard InChI is InChI=1S/C26H26ClNO3/c1-17(31-23-11-6-5-10-22(23)27)25(30)28-21-9-7-8-19(16-21)24(29)18-12-14-20(15-13-18)26(2,3)4/h5-17H,1-4H3,(H,28,30). The molecule has 3 aromatic rings. The van der Waals surface area contributed by atoms with E-state index in [2.05, 4.69) is 26.1 Å². The minimum absolute atomic E-state index is 0.0223. The molecule has 0 aliphatic heterocycles. The van der Waals surface area contributed by atoms with Gasteiger partial charge in [0.1, 0.15) is 5.75 Å². The number of nitrogens with one attached hydrogen (secondary N) is 1. The fourth-order valence-corrected chi connectivity index (χ4v) is 3.23. The zero-order valence-electron chi connectivity index (χ0n) is 18.1. The third-order valence-electron chi connectivity index (χ3n) is 4.92. The molecule has 1 unspecified atom stereocenters. The van der Waals surface area contributed by atoms with E-state index in [0.29, 0.717) is 27.6 Å². The van der Waals surface area contributed by atoms with Crippen LogP contribution in [0, 0.1) is 0 Å². The van der Waals surface area contributed by atoms with Crippen molar-refractivity contribution in [1.29, 1.82) is 0 Å². The maximum atomic E-state index is 12.9. The minimum atomic E-state index is -0.760. The lowest BCUT2D eigenvalue weighted by Crippen LogP contribution is -2.30. The molecule has 4 nitrogen and oxygen atoms in total. The zero-order chi connectivity index (χ0) is 22.6. The molecule has 0 bridgehead atoms. The van der Waals surface area contributed by atoms with E-state index in [1.165, 1.54) is 0 Å². The Kier molecular flexibility index (Phi) is 6.81. The highest BCUT2D eigenvalue weighted by Crippen LogP contribution is 2.25. The predicted molar refractivity (Wildman–Crippen MR) is 125 cm³/mol. The normalized spacial score (nSPS) is 12.2. The summed E-state index contributed by atoms with van der Waals surface area (Å²) in [6.45, 7) is 8.04. The van der Waals surface area contributed by atoms with Crippen LogP contribution in [0.5, 0.6) is 5.75 Å². The van der Waals surface area contributed by atoms with Crippen molar-refractivity contribution >= 4 is 29.0 Å². The molecule has 0 spiro atoms. The van der Waals surface area contributed by atoms with Crippen LogP contribution in [0.4, 0.5) is 5.69 Å². The van der Waals surface area contributed by atoms with E-state index in [-0.39, 0.29) is 17.1 Å². The van der Waals surface area contributed by atoms with Crippen molar-refractivity contribution in [3.8, 4) is 5.75 Å². The van der Waals surface area contributed by atoms with Gasteiger partial charge in [-0.15, -0.1) is 0 Å². The highest BCUT2D eigenvalue weighted by molar-refractivity contribution is 6.32. The van der Waals surface area contributed by atoms with Crippen molar-refractivity contribution in [2.75, 3.05) is 5.32 Å². The maximum absolute atomic E-state index is 12.9. The Labute approximate surface area is 188 Å². The fraction of sp³-hybridized carbons (Fsp3) is 0.231. The van der Waals surface area contributed by atoms with Crippen molar-refractivity contribution in [3.05, 3.63) is 94.5 Å². The second-order valence-electron chi connectivity index (χ2n) is 8.42. The molecule has 0 fully saturated rings. The van der Waals surface area contributed by atoms with Gasteiger partial charge in [0, 0.05) is 16.8 Å². The van der Waals surface area contributed by atoms with Gasteiger partial charge in [-0.3, -0.25) is 9.59 Å². The van der Waals surface area contributed by atoms with Gasteiger partial charge in [0.15, 0.2) is 11.9 Å². The van der Waals surface area contributed by atoms with Crippen molar-refractivity contribution in [2.24, 2.45) is 0 Å². The first-order valence-corrected chi connectivity index (χ1v) is 10.5. The molecule has 1 amide bonds. The van der Waals surface area contributed by atoms with Gasteiger partial charge in [-0.2, -0.15) is 0 Å². The number of benzene rings is 3. The van der Waals surface area contributed by atoms with Gasteiger partial charge in [0.2, 0.25) is 0 Å². The average molecular weight is 436 g/mol. The lowest BCUT2D eigenvalue weighted by atomic mass is 9.86. The Balaban J connectivity index is 1.70. The van der Waals surface area contributed by atoms with Crippen LogP contribution in [0.2, 0.25) is 5.02 Å². The van der Waals surface area contributed by atoms with Crippen LogP contribution < -0.4 is 10.1 Å². The molecular formula is C26H26ClNO3. The van der Waals surface area contributed by atoms with Crippen LogP contribution in [0.1, 0.15) is 49.2 Å². The summed E-state index contributed by atoms with van der Waals surface area (Å²) in [5.74, 6) is 0.00502. The minimum Gasteiger partial charge on any atom is -0.479 e. The molecule has 0 aliphatic carbocycles. The van der Waals surface area contributed by atoms with Crippen LogP contribution in [-0.4, -0.2) is 17.8 Å². The Morgan fingerprint density at radius 3 is 2.23 bits per heavy atom. The van der Waals surface area contributed by atoms with Crippen LogP contribution in [0.3, 0.4) is 0 Å². The molecule has 3 rings (SSSR count). The molecule has 1 atom stereocenters. The van der Waals surface area contributed by atoms with E-state index in [4.69, 9.17) is 16.3 Å². The molecule has 0 saturated carbocycles.